The summed E-state index contributed by atoms with van der Waals surface area (Å²) in [6.07, 6.45) is 5.68. The number of primary amides is 1. The molecule has 32 heavy (non-hydrogen) atoms. The molecular weight excluding hydrogens is 426 g/mol. The van der Waals surface area contributed by atoms with Crippen LogP contribution < -0.4 is 21.7 Å². The third-order valence-corrected chi connectivity index (χ3v) is 6.80. The van der Waals surface area contributed by atoms with E-state index in [2.05, 4.69) is 9.69 Å². The third-order valence-electron chi connectivity index (χ3n) is 5.95. The number of carbonyl (C=O) groups is 3. The van der Waals surface area contributed by atoms with Gasteiger partial charge in [-0.3, -0.25) is 19.3 Å². The fraction of sp³-hybridized carbons (Fsp3) is 0.478. The van der Waals surface area contributed by atoms with Gasteiger partial charge in [-0.2, -0.15) is 4.37 Å². The Labute approximate surface area is 192 Å². The maximum Gasteiger partial charge on any atom is 0.272 e. The van der Waals surface area contributed by atoms with Crippen LogP contribution in [0.15, 0.2) is 18.2 Å². The number of rotatable bonds is 7. The van der Waals surface area contributed by atoms with E-state index >= 15 is 0 Å². The molecule has 1 aliphatic rings. The zero-order valence-electron chi connectivity index (χ0n) is 18.8. The maximum absolute atomic E-state index is 13.7. The lowest BCUT2D eigenvalue weighted by atomic mass is 9.95. The molecule has 1 aromatic heterocycles. The van der Waals surface area contributed by atoms with Crippen LogP contribution in [-0.4, -0.2) is 34.2 Å². The molecule has 1 aromatic carbocycles. The summed E-state index contributed by atoms with van der Waals surface area (Å²) < 4.78 is 3.97. The third kappa shape index (κ3) is 4.93. The van der Waals surface area contributed by atoms with E-state index in [0.29, 0.717) is 12.1 Å². The van der Waals surface area contributed by atoms with Crippen molar-refractivity contribution in [2.45, 2.75) is 71.4 Å². The summed E-state index contributed by atoms with van der Waals surface area (Å²) in [5, 5.41) is 3.15. The molecule has 1 heterocycles. The number of nitrogens with two attached hydrogens (primary N) is 2. The van der Waals surface area contributed by atoms with E-state index in [4.69, 9.17) is 11.5 Å². The van der Waals surface area contributed by atoms with E-state index in [9.17, 15) is 14.4 Å². The SMILES string of the molecule is CC[C@@H](C(=O)NC1CCCCC1)N(C(=O)c1snc(C(N)=O)c1N)c1cc(C)ccc1C. The first-order chi connectivity index (χ1) is 15.2. The summed E-state index contributed by atoms with van der Waals surface area (Å²) in [6, 6.07) is 5.15. The molecule has 0 aliphatic heterocycles. The quantitative estimate of drug-likeness (QED) is 0.587. The largest absolute Gasteiger partial charge is 0.395 e. The molecule has 0 unspecified atom stereocenters. The second-order valence-electron chi connectivity index (χ2n) is 8.37. The van der Waals surface area contributed by atoms with Crippen molar-refractivity contribution in [2.24, 2.45) is 5.73 Å². The number of amides is 3. The average molecular weight is 458 g/mol. The van der Waals surface area contributed by atoms with E-state index in [1.807, 2.05) is 39.0 Å². The highest BCUT2D eigenvalue weighted by atomic mass is 32.1. The number of nitrogens with one attached hydrogen (secondary N) is 1. The first kappa shape index (κ1) is 23.7. The molecule has 8 nitrogen and oxygen atoms in total. The molecule has 0 radical (unpaired) electrons. The predicted molar refractivity (Wildman–Crippen MR) is 127 cm³/mol. The fourth-order valence-corrected chi connectivity index (χ4v) is 4.91. The van der Waals surface area contributed by atoms with Gasteiger partial charge in [0.1, 0.15) is 10.9 Å². The highest BCUT2D eigenvalue weighted by Crippen LogP contribution is 2.31. The molecule has 172 valence electrons. The normalized spacial score (nSPS) is 15.2. The Hall–Kier alpha value is -2.94. The summed E-state index contributed by atoms with van der Waals surface area (Å²) in [7, 11) is 0. The van der Waals surface area contributed by atoms with Crippen molar-refractivity contribution < 1.29 is 14.4 Å². The molecule has 1 fully saturated rings. The van der Waals surface area contributed by atoms with Crippen LogP contribution in [0.4, 0.5) is 11.4 Å². The van der Waals surface area contributed by atoms with E-state index in [1.54, 1.807) is 0 Å². The summed E-state index contributed by atoms with van der Waals surface area (Å²) in [4.78, 5) is 40.3. The minimum atomic E-state index is -0.793. The number of hydrogen-bond acceptors (Lipinski definition) is 6. The van der Waals surface area contributed by atoms with Crippen LogP contribution >= 0.6 is 11.5 Å². The van der Waals surface area contributed by atoms with Crippen LogP contribution in [0.25, 0.3) is 0 Å². The Morgan fingerprint density at radius 3 is 2.50 bits per heavy atom. The topological polar surface area (TPSA) is 131 Å². The van der Waals surface area contributed by atoms with Crippen molar-refractivity contribution in [2.75, 3.05) is 10.6 Å². The molecule has 5 N–H and O–H groups in total. The monoisotopic (exact) mass is 457 g/mol. The van der Waals surface area contributed by atoms with Gasteiger partial charge in [0, 0.05) is 11.7 Å². The van der Waals surface area contributed by atoms with Crippen LogP contribution in [-0.2, 0) is 4.79 Å². The molecule has 3 rings (SSSR count). The van der Waals surface area contributed by atoms with Gasteiger partial charge in [0.05, 0.1) is 5.69 Å². The Balaban J connectivity index is 2.03. The summed E-state index contributed by atoms with van der Waals surface area (Å²) in [5.41, 5.74) is 13.7. The molecule has 9 heteroatoms. The number of aromatic nitrogens is 1. The molecular formula is C23H31N5O3S. The molecule has 1 atom stereocenters. The minimum absolute atomic E-state index is 0.0506. The predicted octanol–water partition coefficient (Wildman–Crippen LogP) is 3.32. The smallest absolute Gasteiger partial charge is 0.272 e. The van der Waals surface area contributed by atoms with E-state index in [1.165, 1.54) is 11.3 Å². The minimum Gasteiger partial charge on any atom is -0.395 e. The Morgan fingerprint density at radius 1 is 1.22 bits per heavy atom. The number of nitrogens with zero attached hydrogens (tertiary/aromatic N) is 2. The van der Waals surface area contributed by atoms with Crippen molar-refractivity contribution in [1.82, 2.24) is 9.69 Å². The highest BCUT2D eigenvalue weighted by Gasteiger charge is 2.35. The van der Waals surface area contributed by atoms with Gasteiger partial charge in [0.25, 0.3) is 11.8 Å². The van der Waals surface area contributed by atoms with Crippen molar-refractivity contribution in [1.29, 1.82) is 0 Å². The Morgan fingerprint density at radius 2 is 1.91 bits per heavy atom. The number of carbonyl (C=O) groups excluding carboxylic acids is 3. The van der Waals surface area contributed by atoms with Crippen LogP contribution in [0, 0.1) is 13.8 Å². The van der Waals surface area contributed by atoms with Crippen LogP contribution in [0.5, 0.6) is 0 Å². The molecule has 1 aliphatic carbocycles. The van der Waals surface area contributed by atoms with E-state index in [0.717, 1.165) is 48.3 Å². The summed E-state index contributed by atoms with van der Waals surface area (Å²) in [6.45, 7) is 5.70. The van der Waals surface area contributed by atoms with Crippen molar-refractivity contribution in [3.05, 3.63) is 39.9 Å². The molecule has 0 bridgehead atoms. The van der Waals surface area contributed by atoms with Crippen molar-refractivity contribution in [3.8, 4) is 0 Å². The van der Waals surface area contributed by atoms with Gasteiger partial charge in [-0.15, -0.1) is 0 Å². The number of aryl methyl sites for hydroxylation is 2. The number of anilines is 2. The molecule has 3 amide bonds. The highest BCUT2D eigenvalue weighted by molar-refractivity contribution is 7.09. The zero-order valence-corrected chi connectivity index (χ0v) is 19.6. The van der Waals surface area contributed by atoms with E-state index in [-0.39, 0.29) is 28.2 Å². The molecule has 0 spiro atoms. The van der Waals surface area contributed by atoms with Gasteiger partial charge >= 0.3 is 0 Å². The number of hydrogen-bond donors (Lipinski definition) is 3. The van der Waals surface area contributed by atoms with Gasteiger partial charge < -0.3 is 16.8 Å². The van der Waals surface area contributed by atoms with Crippen LogP contribution in [0.3, 0.4) is 0 Å². The fourth-order valence-electron chi connectivity index (χ4n) is 4.17. The lowest BCUT2D eigenvalue weighted by Gasteiger charge is -2.33. The lowest BCUT2D eigenvalue weighted by molar-refractivity contribution is -0.123. The zero-order chi connectivity index (χ0) is 23.4. The first-order valence-corrected chi connectivity index (χ1v) is 11.8. The van der Waals surface area contributed by atoms with Gasteiger partial charge in [-0.05, 0) is 61.8 Å². The molecule has 2 aromatic rings. The number of nitrogen functional groups attached to an aromatic ring is 1. The standard InChI is InChI=1S/C23H31N5O3S/c1-4-16(22(30)26-15-8-6-5-7-9-15)28(17-12-13(2)10-11-14(17)3)23(31)20-18(24)19(21(25)29)27-32-20/h10-12,15-16H,4-9,24H2,1-3H3,(H2,25,29)(H,26,30)/t16-/m0/s1. The summed E-state index contributed by atoms with van der Waals surface area (Å²) in [5.74, 6) is -1.45. The lowest BCUT2D eigenvalue weighted by Crippen LogP contribution is -2.52. The van der Waals surface area contributed by atoms with Crippen LogP contribution in [0.1, 0.15) is 76.7 Å². The van der Waals surface area contributed by atoms with Gasteiger partial charge in [0.2, 0.25) is 5.91 Å². The second kappa shape index (κ2) is 10.1. The second-order valence-corrected chi connectivity index (χ2v) is 9.14. The van der Waals surface area contributed by atoms with E-state index < -0.39 is 17.9 Å². The van der Waals surface area contributed by atoms with Crippen molar-refractivity contribution in [3.63, 3.8) is 0 Å². The number of benzene rings is 1. The van der Waals surface area contributed by atoms with Gasteiger partial charge in [-0.25, -0.2) is 0 Å². The van der Waals surface area contributed by atoms with Gasteiger partial charge in [-0.1, -0.05) is 38.3 Å². The molecule has 0 saturated heterocycles. The Bertz CT molecular complexity index is 1010. The first-order valence-electron chi connectivity index (χ1n) is 11.0. The van der Waals surface area contributed by atoms with Crippen molar-refractivity contribution >= 4 is 40.6 Å². The average Bonchev–Trinajstić information content (AvgIpc) is 3.15. The molecule has 1 saturated carbocycles. The van der Waals surface area contributed by atoms with Gasteiger partial charge in [0.15, 0.2) is 5.69 Å². The van der Waals surface area contributed by atoms with Crippen LogP contribution in [0.2, 0.25) is 0 Å². The maximum atomic E-state index is 13.7. The summed E-state index contributed by atoms with van der Waals surface area (Å²) >= 11 is 0.822. The Kier molecular flexibility index (Phi) is 7.50.